The molecule has 0 aliphatic carbocycles. The lowest BCUT2D eigenvalue weighted by atomic mass is 9.85. The first kappa shape index (κ1) is 28.0. The second kappa shape index (κ2) is 11.9. The molecule has 0 radical (unpaired) electrons. The number of benzene rings is 3. The average molecular weight is 557 g/mol. The Kier molecular flexibility index (Phi) is 8.14. The van der Waals surface area contributed by atoms with E-state index in [-0.39, 0.29) is 24.3 Å². The lowest BCUT2D eigenvalue weighted by molar-refractivity contribution is -0.140. The highest BCUT2D eigenvalue weighted by atomic mass is 16.5. The summed E-state index contributed by atoms with van der Waals surface area (Å²) in [5.74, 6) is 0.714. The van der Waals surface area contributed by atoms with Crippen molar-refractivity contribution in [3.05, 3.63) is 90.0 Å². The van der Waals surface area contributed by atoms with Crippen molar-refractivity contribution in [2.75, 3.05) is 52.5 Å². The first-order valence-corrected chi connectivity index (χ1v) is 13.8. The largest absolute Gasteiger partial charge is 0.497 e. The van der Waals surface area contributed by atoms with Gasteiger partial charge >= 0.3 is 0 Å². The lowest BCUT2D eigenvalue weighted by Gasteiger charge is -2.43. The van der Waals surface area contributed by atoms with E-state index in [2.05, 4.69) is 4.90 Å². The van der Waals surface area contributed by atoms with Crippen LogP contribution in [0.25, 0.3) is 0 Å². The summed E-state index contributed by atoms with van der Waals surface area (Å²) in [4.78, 5) is 48.0. The molecule has 0 bridgehead atoms. The number of piperidine rings is 1. The third-order valence-corrected chi connectivity index (χ3v) is 8.11. The summed E-state index contributed by atoms with van der Waals surface area (Å²) in [7, 11) is 4.85. The number of hydrogen-bond acceptors (Lipinski definition) is 6. The van der Waals surface area contributed by atoms with Gasteiger partial charge in [0.1, 0.15) is 23.6 Å². The molecule has 1 spiro atoms. The molecule has 0 N–H and O–H groups in total. The van der Waals surface area contributed by atoms with Crippen LogP contribution in [-0.4, -0.2) is 85.5 Å². The molecule has 0 atom stereocenters. The minimum Gasteiger partial charge on any atom is -0.497 e. The Morgan fingerprint density at radius 1 is 0.902 bits per heavy atom. The zero-order valence-corrected chi connectivity index (χ0v) is 23.8. The molecular formula is C32H36N4O5. The van der Waals surface area contributed by atoms with Gasteiger partial charge in [0.2, 0.25) is 5.91 Å². The highest BCUT2D eigenvalue weighted by Gasteiger charge is 2.54. The van der Waals surface area contributed by atoms with Crippen LogP contribution in [0.5, 0.6) is 11.5 Å². The van der Waals surface area contributed by atoms with Crippen LogP contribution in [0.15, 0.2) is 78.9 Å². The van der Waals surface area contributed by atoms with Gasteiger partial charge in [0.05, 0.1) is 26.5 Å². The van der Waals surface area contributed by atoms with Crippen molar-refractivity contribution in [2.24, 2.45) is 0 Å². The Balaban J connectivity index is 1.33. The number of carbonyl (C=O) groups excluding carboxylic acids is 3. The molecule has 0 unspecified atom stereocenters. The molecule has 3 aromatic carbocycles. The lowest BCUT2D eigenvalue weighted by Crippen LogP contribution is -2.57. The molecule has 2 saturated heterocycles. The average Bonchev–Trinajstić information content (AvgIpc) is 3.27. The number of anilines is 1. The van der Waals surface area contributed by atoms with Gasteiger partial charge in [-0.25, -0.2) is 0 Å². The predicted octanol–water partition coefficient (Wildman–Crippen LogP) is 3.64. The zero-order valence-electron chi connectivity index (χ0n) is 23.8. The van der Waals surface area contributed by atoms with Gasteiger partial charge in [-0.1, -0.05) is 48.5 Å². The molecule has 3 amide bonds. The molecule has 2 fully saturated rings. The van der Waals surface area contributed by atoms with Crippen molar-refractivity contribution in [3.8, 4) is 11.5 Å². The van der Waals surface area contributed by atoms with Gasteiger partial charge in [0.25, 0.3) is 11.8 Å². The minimum atomic E-state index is -0.833. The maximum Gasteiger partial charge on any atom is 0.257 e. The van der Waals surface area contributed by atoms with Gasteiger partial charge in [0, 0.05) is 38.4 Å². The second-order valence-corrected chi connectivity index (χ2v) is 10.5. The number of nitrogens with zero attached hydrogens (tertiary/aromatic N) is 4. The fourth-order valence-electron chi connectivity index (χ4n) is 5.78. The Bertz CT molecular complexity index is 1390. The van der Waals surface area contributed by atoms with Crippen LogP contribution in [0.4, 0.5) is 5.69 Å². The molecule has 41 heavy (non-hydrogen) atoms. The Labute approximate surface area is 240 Å². The molecule has 9 heteroatoms. The van der Waals surface area contributed by atoms with Crippen LogP contribution in [0, 0.1) is 0 Å². The maximum absolute atomic E-state index is 14.1. The van der Waals surface area contributed by atoms with Gasteiger partial charge in [-0.2, -0.15) is 0 Å². The monoisotopic (exact) mass is 556 g/mol. The van der Waals surface area contributed by atoms with Crippen molar-refractivity contribution in [1.29, 1.82) is 0 Å². The van der Waals surface area contributed by atoms with Gasteiger partial charge in [-0.3, -0.25) is 14.4 Å². The molecular weight excluding hydrogens is 520 g/mol. The third-order valence-electron chi connectivity index (χ3n) is 8.11. The van der Waals surface area contributed by atoms with E-state index in [0.29, 0.717) is 56.2 Å². The van der Waals surface area contributed by atoms with E-state index in [9.17, 15) is 14.4 Å². The first-order valence-electron chi connectivity index (χ1n) is 13.8. The van der Waals surface area contributed by atoms with Crippen LogP contribution in [-0.2, 0) is 16.1 Å². The number of carbonyl (C=O) groups is 3. The SMILES string of the molecule is COc1ccc(C(=O)N2CCC3(CC2)C(=O)N(CC(=O)N(C)Cc2ccccc2)CN3c2ccccc2)c(OC)c1. The number of ether oxygens (including phenoxy) is 2. The summed E-state index contributed by atoms with van der Waals surface area (Å²) in [6.45, 7) is 1.59. The maximum atomic E-state index is 14.1. The normalized spacial score (nSPS) is 16.2. The molecule has 5 rings (SSSR count). The third kappa shape index (κ3) is 5.57. The van der Waals surface area contributed by atoms with E-state index >= 15 is 0 Å². The van der Waals surface area contributed by atoms with E-state index in [0.717, 1.165) is 11.3 Å². The van der Waals surface area contributed by atoms with E-state index in [1.807, 2.05) is 60.7 Å². The molecule has 2 aliphatic heterocycles. The number of likely N-dealkylation sites (N-methyl/N-ethyl adjacent to an activating group) is 1. The van der Waals surface area contributed by atoms with E-state index in [4.69, 9.17) is 9.47 Å². The van der Waals surface area contributed by atoms with Gasteiger partial charge in [0.15, 0.2) is 0 Å². The molecule has 0 aromatic heterocycles. The summed E-state index contributed by atoms with van der Waals surface area (Å²) >= 11 is 0. The van der Waals surface area contributed by atoms with Crippen LogP contribution in [0.1, 0.15) is 28.8 Å². The fraction of sp³-hybridized carbons (Fsp3) is 0.344. The smallest absolute Gasteiger partial charge is 0.257 e. The van der Waals surface area contributed by atoms with Crippen molar-refractivity contribution in [1.82, 2.24) is 14.7 Å². The molecule has 0 saturated carbocycles. The molecule has 2 aliphatic rings. The van der Waals surface area contributed by atoms with Gasteiger partial charge in [-0.05, 0) is 42.7 Å². The van der Waals surface area contributed by atoms with Gasteiger partial charge < -0.3 is 29.1 Å². The number of rotatable bonds is 8. The van der Waals surface area contributed by atoms with Crippen molar-refractivity contribution < 1.29 is 23.9 Å². The zero-order chi connectivity index (χ0) is 29.0. The first-order chi connectivity index (χ1) is 19.9. The number of para-hydroxylation sites is 1. The van der Waals surface area contributed by atoms with Crippen LogP contribution < -0.4 is 14.4 Å². The van der Waals surface area contributed by atoms with E-state index in [1.54, 1.807) is 47.1 Å². The van der Waals surface area contributed by atoms with Crippen LogP contribution in [0.2, 0.25) is 0 Å². The van der Waals surface area contributed by atoms with Crippen LogP contribution >= 0.6 is 0 Å². The standard InChI is InChI=1S/C32H36N4O5/c1-33(21-24-10-6-4-7-11-24)29(37)22-35-23-36(25-12-8-5-9-13-25)32(31(35)39)16-18-34(19-17-32)30(38)27-15-14-26(40-2)20-28(27)41-3/h4-15,20H,16-19,21-23H2,1-3H3. The summed E-state index contributed by atoms with van der Waals surface area (Å²) in [6.07, 6.45) is 0.908. The Hall–Kier alpha value is -4.53. The minimum absolute atomic E-state index is 0.00105. The Morgan fingerprint density at radius 2 is 1.56 bits per heavy atom. The number of hydrogen-bond donors (Lipinski definition) is 0. The van der Waals surface area contributed by atoms with Crippen LogP contribution in [0.3, 0.4) is 0 Å². The highest BCUT2D eigenvalue weighted by molar-refractivity contribution is 5.99. The summed E-state index contributed by atoms with van der Waals surface area (Å²) < 4.78 is 10.7. The molecule has 9 nitrogen and oxygen atoms in total. The summed E-state index contributed by atoms with van der Waals surface area (Å²) in [5.41, 5.74) is 1.57. The molecule has 3 aromatic rings. The Morgan fingerprint density at radius 3 is 2.20 bits per heavy atom. The topological polar surface area (TPSA) is 82.6 Å². The summed E-state index contributed by atoms with van der Waals surface area (Å²) in [6, 6.07) is 24.7. The molecule has 2 heterocycles. The van der Waals surface area contributed by atoms with Crippen molar-refractivity contribution in [3.63, 3.8) is 0 Å². The molecule has 214 valence electrons. The predicted molar refractivity (Wildman–Crippen MR) is 156 cm³/mol. The van der Waals surface area contributed by atoms with E-state index < -0.39 is 5.54 Å². The van der Waals surface area contributed by atoms with E-state index in [1.165, 1.54) is 7.11 Å². The summed E-state index contributed by atoms with van der Waals surface area (Å²) in [5, 5.41) is 0. The number of methoxy groups -OCH3 is 2. The fourth-order valence-corrected chi connectivity index (χ4v) is 5.78. The second-order valence-electron chi connectivity index (χ2n) is 10.5. The number of amides is 3. The van der Waals surface area contributed by atoms with Crippen molar-refractivity contribution >= 4 is 23.4 Å². The quantitative estimate of drug-likeness (QED) is 0.422. The number of likely N-dealkylation sites (tertiary alicyclic amines) is 1. The highest BCUT2D eigenvalue weighted by Crippen LogP contribution is 2.40. The van der Waals surface area contributed by atoms with Gasteiger partial charge in [-0.15, -0.1) is 0 Å². The van der Waals surface area contributed by atoms with Crippen molar-refractivity contribution in [2.45, 2.75) is 24.9 Å².